The summed E-state index contributed by atoms with van der Waals surface area (Å²) < 4.78 is 5.38. The fourth-order valence-electron chi connectivity index (χ4n) is 1.96. The molecule has 0 radical (unpaired) electrons. The molecule has 0 heterocycles. The Morgan fingerprint density at radius 2 is 2.00 bits per heavy atom. The molecule has 3 nitrogen and oxygen atoms in total. The molecule has 0 saturated heterocycles. The Labute approximate surface area is 125 Å². The lowest BCUT2D eigenvalue weighted by Gasteiger charge is -2.07. The molecule has 0 aromatic heterocycles. The number of amides is 1. The zero-order valence-corrected chi connectivity index (χ0v) is 12.1. The van der Waals surface area contributed by atoms with Gasteiger partial charge in [0.1, 0.15) is 12.4 Å². The number of aryl methyl sites for hydroxylation is 1. The van der Waals surface area contributed by atoms with Crippen LogP contribution in [0.5, 0.6) is 5.75 Å². The maximum absolute atomic E-state index is 12.1. The van der Waals surface area contributed by atoms with Crippen LogP contribution in [0, 0.1) is 6.92 Å². The van der Waals surface area contributed by atoms with Crippen LogP contribution in [0.25, 0.3) is 0 Å². The molecule has 3 heteroatoms. The van der Waals surface area contributed by atoms with Crippen LogP contribution in [0.1, 0.15) is 21.5 Å². The van der Waals surface area contributed by atoms with Crippen molar-refractivity contribution in [2.24, 2.45) is 0 Å². The standard InChI is InChI=1S/C18H19NO2/c1-3-11-21-17-9-7-16(8-10-17)18(20)19-13-15-6-4-5-14(2)12-15/h3-10,12H,1,11,13H2,2H3,(H,19,20). The van der Waals surface area contributed by atoms with Crippen LogP contribution in [0.4, 0.5) is 0 Å². The second kappa shape index (κ2) is 7.29. The van der Waals surface area contributed by atoms with Gasteiger partial charge in [0.25, 0.3) is 5.91 Å². The van der Waals surface area contributed by atoms with Crippen molar-refractivity contribution in [3.63, 3.8) is 0 Å². The minimum absolute atomic E-state index is 0.0909. The predicted molar refractivity (Wildman–Crippen MR) is 84.5 cm³/mol. The van der Waals surface area contributed by atoms with Gasteiger partial charge in [-0.3, -0.25) is 4.79 Å². The van der Waals surface area contributed by atoms with Crippen molar-refractivity contribution in [3.05, 3.63) is 77.9 Å². The van der Waals surface area contributed by atoms with Gasteiger partial charge in [-0.2, -0.15) is 0 Å². The van der Waals surface area contributed by atoms with Crippen molar-refractivity contribution < 1.29 is 9.53 Å². The molecule has 1 N–H and O–H groups in total. The van der Waals surface area contributed by atoms with Gasteiger partial charge in [-0.25, -0.2) is 0 Å². The summed E-state index contributed by atoms with van der Waals surface area (Å²) in [5.41, 5.74) is 2.90. The fourth-order valence-corrected chi connectivity index (χ4v) is 1.96. The van der Waals surface area contributed by atoms with Crippen LogP contribution in [-0.4, -0.2) is 12.5 Å². The van der Waals surface area contributed by atoms with Crippen molar-refractivity contribution >= 4 is 5.91 Å². The largest absolute Gasteiger partial charge is 0.490 e. The number of ether oxygens (including phenoxy) is 1. The summed E-state index contributed by atoms with van der Waals surface area (Å²) >= 11 is 0. The fraction of sp³-hybridized carbons (Fsp3) is 0.167. The molecule has 0 bridgehead atoms. The van der Waals surface area contributed by atoms with E-state index in [1.165, 1.54) is 5.56 Å². The van der Waals surface area contributed by atoms with Crippen LogP contribution < -0.4 is 10.1 Å². The number of rotatable bonds is 6. The molecule has 2 aromatic rings. The topological polar surface area (TPSA) is 38.3 Å². The number of hydrogen-bond donors (Lipinski definition) is 1. The van der Waals surface area contributed by atoms with E-state index in [4.69, 9.17) is 4.74 Å². The van der Waals surface area contributed by atoms with Gasteiger partial charge in [0.15, 0.2) is 0 Å². The minimum atomic E-state index is -0.0909. The average molecular weight is 281 g/mol. The van der Waals surface area contributed by atoms with Gasteiger partial charge in [-0.05, 0) is 36.8 Å². The molecule has 0 aliphatic rings. The van der Waals surface area contributed by atoms with E-state index in [1.54, 1.807) is 30.3 Å². The molecule has 0 saturated carbocycles. The van der Waals surface area contributed by atoms with Gasteiger partial charge >= 0.3 is 0 Å². The highest BCUT2D eigenvalue weighted by atomic mass is 16.5. The Bertz CT molecular complexity index is 617. The predicted octanol–water partition coefficient (Wildman–Crippen LogP) is 3.49. The Hall–Kier alpha value is -2.55. The van der Waals surface area contributed by atoms with Gasteiger partial charge < -0.3 is 10.1 Å². The monoisotopic (exact) mass is 281 g/mol. The number of hydrogen-bond acceptors (Lipinski definition) is 2. The molecule has 0 atom stereocenters. The maximum Gasteiger partial charge on any atom is 0.251 e. The van der Waals surface area contributed by atoms with Crippen LogP contribution in [0.15, 0.2) is 61.2 Å². The number of carbonyl (C=O) groups is 1. The van der Waals surface area contributed by atoms with Crippen molar-refractivity contribution in [3.8, 4) is 5.75 Å². The third kappa shape index (κ3) is 4.49. The van der Waals surface area contributed by atoms with Crippen LogP contribution in [0.2, 0.25) is 0 Å². The summed E-state index contributed by atoms with van der Waals surface area (Å²) in [6.45, 7) is 6.61. The van der Waals surface area contributed by atoms with E-state index in [0.717, 1.165) is 11.3 Å². The SMILES string of the molecule is C=CCOc1ccc(C(=O)NCc2cccc(C)c2)cc1. The zero-order valence-electron chi connectivity index (χ0n) is 12.1. The summed E-state index contributed by atoms with van der Waals surface area (Å²) in [7, 11) is 0. The van der Waals surface area contributed by atoms with Gasteiger partial charge in [-0.15, -0.1) is 0 Å². The first-order valence-electron chi connectivity index (χ1n) is 6.86. The quantitative estimate of drug-likeness (QED) is 0.823. The number of nitrogens with one attached hydrogen (secondary N) is 1. The van der Waals surface area contributed by atoms with E-state index in [9.17, 15) is 4.79 Å². The molecule has 2 rings (SSSR count). The Balaban J connectivity index is 1.92. The van der Waals surface area contributed by atoms with E-state index < -0.39 is 0 Å². The number of carbonyl (C=O) groups excluding carboxylic acids is 1. The first-order valence-corrected chi connectivity index (χ1v) is 6.86. The summed E-state index contributed by atoms with van der Waals surface area (Å²) in [5, 5.41) is 2.91. The number of benzene rings is 2. The summed E-state index contributed by atoms with van der Waals surface area (Å²) in [6, 6.07) is 15.2. The van der Waals surface area contributed by atoms with Crippen molar-refractivity contribution in [2.75, 3.05) is 6.61 Å². The van der Waals surface area contributed by atoms with Gasteiger partial charge in [0.05, 0.1) is 0 Å². The molecule has 0 aliphatic heterocycles. The molecule has 0 spiro atoms. The van der Waals surface area contributed by atoms with Crippen molar-refractivity contribution in [2.45, 2.75) is 13.5 Å². The summed E-state index contributed by atoms with van der Waals surface area (Å²) in [5.74, 6) is 0.636. The Morgan fingerprint density at radius 3 is 2.67 bits per heavy atom. The van der Waals surface area contributed by atoms with E-state index in [1.807, 2.05) is 25.1 Å². The molecule has 1 amide bonds. The first kappa shape index (κ1) is 14.9. The molecule has 2 aromatic carbocycles. The van der Waals surface area contributed by atoms with E-state index >= 15 is 0 Å². The highest BCUT2D eigenvalue weighted by Crippen LogP contribution is 2.12. The van der Waals surface area contributed by atoms with E-state index in [-0.39, 0.29) is 5.91 Å². The molecule has 0 fully saturated rings. The van der Waals surface area contributed by atoms with Crippen LogP contribution in [0.3, 0.4) is 0 Å². The molecule has 108 valence electrons. The normalized spacial score (nSPS) is 9.95. The van der Waals surface area contributed by atoms with Crippen LogP contribution >= 0.6 is 0 Å². The first-order chi connectivity index (χ1) is 10.2. The maximum atomic E-state index is 12.1. The summed E-state index contributed by atoms with van der Waals surface area (Å²) in [4.78, 5) is 12.1. The lowest BCUT2D eigenvalue weighted by molar-refractivity contribution is 0.0951. The molecule has 21 heavy (non-hydrogen) atoms. The smallest absolute Gasteiger partial charge is 0.251 e. The van der Waals surface area contributed by atoms with Crippen LogP contribution in [-0.2, 0) is 6.54 Å². The third-order valence-electron chi connectivity index (χ3n) is 3.02. The van der Waals surface area contributed by atoms with Gasteiger partial charge in [-0.1, -0.05) is 42.5 Å². The zero-order chi connectivity index (χ0) is 15.1. The van der Waals surface area contributed by atoms with E-state index in [0.29, 0.717) is 18.7 Å². The Morgan fingerprint density at radius 1 is 1.24 bits per heavy atom. The van der Waals surface area contributed by atoms with Crippen molar-refractivity contribution in [1.29, 1.82) is 0 Å². The van der Waals surface area contributed by atoms with Gasteiger partial charge in [0.2, 0.25) is 0 Å². The lowest BCUT2D eigenvalue weighted by atomic mass is 10.1. The van der Waals surface area contributed by atoms with E-state index in [2.05, 4.69) is 18.0 Å². The highest BCUT2D eigenvalue weighted by molar-refractivity contribution is 5.94. The third-order valence-corrected chi connectivity index (χ3v) is 3.02. The second-order valence-corrected chi connectivity index (χ2v) is 4.80. The highest BCUT2D eigenvalue weighted by Gasteiger charge is 2.05. The molecular formula is C18H19NO2. The molecule has 0 unspecified atom stereocenters. The van der Waals surface area contributed by atoms with Crippen molar-refractivity contribution in [1.82, 2.24) is 5.32 Å². The second-order valence-electron chi connectivity index (χ2n) is 4.80. The molecular weight excluding hydrogens is 262 g/mol. The Kier molecular flexibility index (Phi) is 5.16. The summed E-state index contributed by atoms with van der Waals surface area (Å²) in [6.07, 6.45) is 1.68. The molecule has 0 aliphatic carbocycles. The average Bonchev–Trinajstić information content (AvgIpc) is 2.51. The minimum Gasteiger partial charge on any atom is -0.490 e. The lowest BCUT2D eigenvalue weighted by Crippen LogP contribution is -2.22. The van der Waals surface area contributed by atoms with Gasteiger partial charge in [0, 0.05) is 12.1 Å².